The molecule has 1 unspecified atom stereocenters. The Bertz CT molecular complexity index is 909. The molecule has 1 aliphatic rings. The fourth-order valence-corrected chi connectivity index (χ4v) is 3.34. The van der Waals surface area contributed by atoms with Crippen molar-refractivity contribution in [1.82, 2.24) is 4.90 Å². The van der Waals surface area contributed by atoms with Crippen molar-refractivity contribution < 1.29 is 23.5 Å². The standard InChI is InChI=1S/C24H29FN2O4/c1-24(2,3)31-23(29)27-13-5-6-18(15-27)22(28)26-20-7-4-8-21(14-20)30-16-17-9-11-19(25)12-10-17/h4,7-12,14,18H,5-6,13,15-16H2,1-3H3,(H,26,28). The maximum atomic E-state index is 13.0. The lowest BCUT2D eigenvalue weighted by molar-refractivity contribution is -0.121. The average Bonchev–Trinajstić information content (AvgIpc) is 2.72. The van der Waals surface area contributed by atoms with E-state index in [9.17, 15) is 14.0 Å². The zero-order valence-electron chi connectivity index (χ0n) is 18.2. The van der Waals surface area contributed by atoms with Crippen LogP contribution in [0.1, 0.15) is 39.2 Å². The topological polar surface area (TPSA) is 67.9 Å². The van der Waals surface area contributed by atoms with Gasteiger partial charge in [0.1, 0.15) is 23.8 Å². The highest BCUT2D eigenvalue weighted by atomic mass is 19.1. The van der Waals surface area contributed by atoms with Gasteiger partial charge >= 0.3 is 6.09 Å². The molecule has 31 heavy (non-hydrogen) atoms. The molecule has 2 aromatic carbocycles. The number of piperidine rings is 1. The van der Waals surface area contributed by atoms with Crippen LogP contribution in [0.4, 0.5) is 14.9 Å². The van der Waals surface area contributed by atoms with Crippen LogP contribution in [0, 0.1) is 11.7 Å². The lowest BCUT2D eigenvalue weighted by atomic mass is 9.97. The van der Waals surface area contributed by atoms with Gasteiger partial charge in [0.05, 0.1) is 5.92 Å². The van der Waals surface area contributed by atoms with Crippen molar-refractivity contribution in [3.05, 3.63) is 59.9 Å². The monoisotopic (exact) mass is 428 g/mol. The first-order valence-corrected chi connectivity index (χ1v) is 10.5. The predicted molar refractivity (Wildman–Crippen MR) is 116 cm³/mol. The van der Waals surface area contributed by atoms with Gasteiger partial charge in [0, 0.05) is 24.8 Å². The van der Waals surface area contributed by atoms with E-state index in [-0.39, 0.29) is 23.7 Å². The highest BCUT2D eigenvalue weighted by molar-refractivity contribution is 5.93. The molecule has 2 aromatic rings. The van der Waals surface area contributed by atoms with Crippen LogP contribution in [0.15, 0.2) is 48.5 Å². The van der Waals surface area contributed by atoms with Crippen LogP contribution in [0.5, 0.6) is 5.75 Å². The third-order valence-electron chi connectivity index (χ3n) is 4.86. The first-order chi connectivity index (χ1) is 14.7. The number of carbonyl (C=O) groups is 2. The summed E-state index contributed by atoms with van der Waals surface area (Å²) < 4.78 is 24.2. The van der Waals surface area contributed by atoms with Gasteiger partial charge in [-0.2, -0.15) is 0 Å². The Labute approximate surface area is 182 Å². The number of likely N-dealkylation sites (tertiary alicyclic amines) is 1. The lowest BCUT2D eigenvalue weighted by Crippen LogP contribution is -2.45. The van der Waals surface area contributed by atoms with Crippen LogP contribution in [0.25, 0.3) is 0 Å². The fourth-order valence-electron chi connectivity index (χ4n) is 3.34. The van der Waals surface area contributed by atoms with Crippen molar-refractivity contribution in [3.63, 3.8) is 0 Å². The van der Waals surface area contributed by atoms with Crippen LogP contribution >= 0.6 is 0 Å². The molecule has 2 amide bonds. The Balaban J connectivity index is 1.55. The largest absolute Gasteiger partial charge is 0.489 e. The Morgan fingerprint density at radius 3 is 2.61 bits per heavy atom. The number of anilines is 1. The quantitative estimate of drug-likeness (QED) is 0.729. The van der Waals surface area contributed by atoms with Gasteiger partial charge < -0.3 is 19.7 Å². The van der Waals surface area contributed by atoms with Gasteiger partial charge in [-0.3, -0.25) is 4.79 Å². The van der Waals surface area contributed by atoms with Crippen molar-refractivity contribution in [2.75, 3.05) is 18.4 Å². The molecule has 0 radical (unpaired) electrons. The number of hydrogen-bond donors (Lipinski definition) is 1. The van der Waals surface area contributed by atoms with Gasteiger partial charge in [-0.1, -0.05) is 18.2 Å². The average molecular weight is 429 g/mol. The van der Waals surface area contributed by atoms with Crippen molar-refractivity contribution in [2.45, 2.75) is 45.8 Å². The molecule has 0 spiro atoms. The van der Waals surface area contributed by atoms with E-state index in [1.165, 1.54) is 12.1 Å². The molecular formula is C24H29FN2O4. The summed E-state index contributed by atoms with van der Waals surface area (Å²) in [6, 6.07) is 13.2. The number of nitrogens with zero attached hydrogens (tertiary/aromatic N) is 1. The zero-order chi connectivity index (χ0) is 22.4. The molecule has 1 N–H and O–H groups in total. The molecule has 0 aromatic heterocycles. The highest BCUT2D eigenvalue weighted by Crippen LogP contribution is 2.23. The number of carbonyl (C=O) groups excluding carboxylic acids is 2. The summed E-state index contributed by atoms with van der Waals surface area (Å²) in [7, 11) is 0. The Hall–Kier alpha value is -3.09. The second-order valence-electron chi connectivity index (χ2n) is 8.70. The molecule has 0 aliphatic carbocycles. The van der Waals surface area contributed by atoms with Crippen LogP contribution in [0.3, 0.4) is 0 Å². The third kappa shape index (κ3) is 6.98. The summed E-state index contributed by atoms with van der Waals surface area (Å²) in [4.78, 5) is 26.7. The van der Waals surface area contributed by atoms with Gasteiger partial charge in [-0.15, -0.1) is 0 Å². The molecule has 1 atom stereocenters. The van der Waals surface area contributed by atoms with Crippen LogP contribution < -0.4 is 10.1 Å². The van der Waals surface area contributed by atoms with Gasteiger partial charge in [0.25, 0.3) is 0 Å². The number of benzene rings is 2. The minimum absolute atomic E-state index is 0.135. The first-order valence-electron chi connectivity index (χ1n) is 10.5. The lowest BCUT2D eigenvalue weighted by Gasteiger charge is -2.33. The van der Waals surface area contributed by atoms with Crippen molar-refractivity contribution in [1.29, 1.82) is 0 Å². The fraction of sp³-hybridized carbons (Fsp3) is 0.417. The molecule has 0 saturated carbocycles. The molecule has 7 heteroatoms. The second-order valence-corrected chi connectivity index (χ2v) is 8.70. The number of hydrogen-bond acceptors (Lipinski definition) is 4. The SMILES string of the molecule is CC(C)(C)OC(=O)N1CCCC(C(=O)Nc2cccc(OCc3ccc(F)cc3)c2)C1. The number of ether oxygens (including phenoxy) is 2. The van der Waals surface area contributed by atoms with Crippen LogP contribution in [0.2, 0.25) is 0 Å². The molecule has 0 bridgehead atoms. The van der Waals surface area contributed by atoms with Crippen molar-refractivity contribution in [2.24, 2.45) is 5.92 Å². The van der Waals surface area contributed by atoms with Crippen LogP contribution in [-0.2, 0) is 16.1 Å². The number of rotatable bonds is 5. The summed E-state index contributed by atoms with van der Waals surface area (Å²) in [5, 5.41) is 2.92. The van der Waals surface area contributed by atoms with E-state index in [4.69, 9.17) is 9.47 Å². The summed E-state index contributed by atoms with van der Waals surface area (Å²) >= 11 is 0. The van der Waals surface area contributed by atoms with Gasteiger partial charge in [0.15, 0.2) is 0 Å². The van der Waals surface area contributed by atoms with Gasteiger partial charge in [-0.25, -0.2) is 9.18 Å². The van der Waals surface area contributed by atoms with Crippen molar-refractivity contribution in [3.8, 4) is 5.75 Å². The van der Waals surface area contributed by atoms with E-state index >= 15 is 0 Å². The second kappa shape index (κ2) is 9.81. The maximum Gasteiger partial charge on any atom is 0.410 e. The van der Waals surface area contributed by atoms with E-state index < -0.39 is 5.60 Å². The molecule has 1 fully saturated rings. The summed E-state index contributed by atoms with van der Waals surface area (Å²) in [5.41, 5.74) is 0.900. The predicted octanol–water partition coefficient (Wildman–Crippen LogP) is 4.99. The Kier molecular flexibility index (Phi) is 7.15. The Morgan fingerprint density at radius 1 is 1.16 bits per heavy atom. The first kappa shape index (κ1) is 22.6. The van der Waals surface area contributed by atoms with Gasteiger partial charge in [0.2, 0.25) is 5.91 Å². The zero-order valence-corrected chi connectivity index (χ0v) is 18.2. The molecule has 1 aliphatic heterocycles. The number of amides is 2. The summed E-state index contributed by atoms with van der Waals surface area (Å²) in [6.07, 6.45) is 1.07. The summed E-state index contributed by atoms with van der Waals surface area (Å²) in [5.74, 6) is -0.128. The maximum absolute atomic E-state index is 13.0. The molecule has 6 nitrogen and oxygen atoms in total. The molecule has 3 rings (SSSR count). The van der Waals surface area contributed by atoms with E-state index in [1.54, 1.807) is 41.3 Å². The molecule has 166 valence electrons. The van der Waals surface area contributed by atoms with E-state index in [2.05, 4.69) is 5.32 Å². The summed E-state index contributed by atoms with van der Waals surface area (Å²) in [6.45, 7) is 6.69. The Morgan fingerprint density at radius 2 is 1.90 bits per heavy atom. The van der Waals surface area contributed by atoms with E-state index in [0.717, 1.165) is 12.0 Å². The van der Waals surface area contributed by atoms with E-state index in [1.807, 2.05) is 20.8 Å². The smallest absolute Gasteiger partial charge is 0.410 e. The van der Waals surface area contributed by atoms with Gasteiger partial charge in [-0.05, 0) is 63.4 Å². The molecular weight excluding hydrogens is 399 g/mol. The normalized spacial score (nSPS) is 16.5. The molecule has 1 heterocycles. The third-order valence-corrected chi connectivity index (χ3v) is 4.86. The van der Waals surface area contributed by atoms with Crippen LogP contribution in [-0.4, -0.2) is 35.6 Å². The number of nitrogens with one attached hydrogen (secondary N) is 1. The molecule has 1 saturated heterocycles. The highest BCUT2D eigenvalue weighted by Gasteiger charge is 2.31. The number of halogens is 1. The van der Waals surface area contributed by atoms with Crippen molar-refractivity contribution >= 4 is 17.7 Å². The van der Waals surface area contributed by atoms with E-state index in [0.29, 0.717) is 37.6 Å². The minimum atomic E-state index is -0.569. The minimum Gasteiger partial charge on any atom is -0.489 e.